The van der Waals surface area contributed by atoms with Crippen molar-refractivity contribution in [2.24, 2.45) is 5.11 Å². The summed E-state index contributed by atoms with van der Waals surface area (Å²) < 4.78 is 19.2. The van der Waals surface area contributed by atoms with E-state index < -0.39 is 0 Å². The molecule has 120 valence electrons. The van der Waals surface area contributed by atoms with Gasteiger partial charge in [-0.1, -0.05) is 23.7 Å². The first-order valence-electron chi connectivity index (χ1n) is 6.71. The lowest BCUT2D eigenvalue weighted by molar-refractivity contribution is 0.319. The molecule has 0 radical (unpaired) electrons. The summed E-state index contributed by atoms with van der Waals surface area (Å²) in [6.45, 7) is 3.36. The Balaban J connectivity index is 2.03. The number of aromatic nitrogens is 2. The number of aryl methyl sites for hydroxylation is 2. The molecule has 0 aliphatic rings. The van der Waals surface area contributed by atoms with Gasteiger partial charge in [0, 0.05) is 6.20 Å². The fraction of sp³-hybridized carbons (Fsp3) is 0.200. The smallest absolute Gasteiger partial charge is 0.317 e. The molecule has 0 spiro atoms. The Morgan fingerprint density at radius 2 is 2.26 bits per heavy atom. The molecule has 2 aromatic rings. The van der Waals surface area contributed by atoms with E-state index in [1.807, 2.05) is 0 Å². The topological polar surface area (TPSA) is 83.2 Å². The monoisotopic (exact) mass is 335 g/mol. The summed E-state index contributed by atoms with van der Waals surface area (Å²) >= 11 is 5.83. The first-order chi connectivity index (χ1) is 11.0. The van der Waals surface area contributed by atoms with Crippen molar-refractivity contribution in [2.75, 3.05) is 11.9 Å². The maximum Gasteiger partial charge on any atom is 0.317 e. The SMILES string of the molecule is Cc1cccc(N/C=C(/COc2ncc(Cl)c(C)n2)N=N)c1F. The molecular weight excluding hydrogens is 321 g/mol. The second kappa shape index (κ2) is 7.64. The summed E-state index contributed by atoms with van der Waals surface area (Å²) in [7, 11) is 0. The van der Waals surface area contributed by atoms with Crippen molar-refractivity contribution in [3.05, 3.63) is 58.4 Å². The highest BCUT2D eigenvalue weighted by atomic mass is 35.5. The van der Waals surface area contributed by atoms with Crippen LogP contribution in [0.1, 0.15) is 11.3 Å². The van der Waals surface area contributed by atoms with E-state index in [2.05, 4.69) is 20.4 Å². The van der Waals surface area contributed by atoms with Crippen molar-refractivity contribution in [2.45, 2.75) is 13.8 Å². The number of ether oxygens (including phenoxy) is 1. The van der Waals surface area contributed by atoms with E-state index in [-0.39, 0.29) is 24.1 Å². The van der Waals surface area contributed by atoms with E-state index in [1.165, 1.54) is 12.4 Å². The number of hydrogen-bond acceptors (Lipinski definition) is 6. The van der Waals surface area contributed by atoms with Crippen LogP contribution < -0.4 is 10.1 Å². The van der Waals surface area contributed by atoms with Crippen LogP contribution in [0.15, 0.2) is 41.4 Å². The Hall–Kier alpha value is -2.54. The molecule has 0 bridgehead atoms. The predicted molar refractivity (Wildman–Crippen MR) is 85.3 cm³/mol. The minimum absolute atomic E-state index is 0.0367. The number of anilines is 1. The molecule has 0 amide bonds. The average molecular weight is 336 g/mol. The van der Waals surface area contributed by atoms with E-state index in [0.717, 1.165) is 0 Å². The van der Waals surface area contributed by atoms with Gasteiger partial charge in [-0.2, -0.15) is 10.1 Å². The van der Waals surface area contributed by atoms with E-state index in [9.17, 15) is 4.39 Å². The Kier molecular flexibility index (Phi) is 5.59. The summed E-state index contributed by atoms with van der Waals surface area (Å²) in [5.41, 5.74) is 8.80. The molecule has 1 aromatic carbocycles. The fourth-order valence-corrected chi connectivity index (χ4v) is 1.76. The van der Waals surface area contributed by atoms with Crippen LogP contribution in [0.5, 0.6) is 6.01 Å². The first-order valence-corrected chi connectivity index (χ1v) is 7.09. The van der Waals surface area contributed by atoms with Gasteiger partial charge in [-0.15, -0.1) is 0 Å². The molecule has 0 fully saturated rings. The summed E-state index contributed by atoms with van der Waals surface area (Å²) in [6, 6.07) is 5.12. The molecule has 0 aliphatic heterocycles. The molecule has 23 heavy (non-hydrogen) atoms. The van der Waals surface area contributed by atoms with Gasteiger partial charge >= 0.3 is 6.01 Å². The first kappa shape index (κ1) is 16.8. The van der Waals surface area contributed by atoms with Crippen LogP contribution in [0.4, 0.5) is 10.1 Å². The highest BCUT2D eigenvalue weighted by Crippen LogP contribution is 2.18. The van der Waals surface area contributed by atoms with Gasteiger partial charge in [-0.25, -0.2) is 14.9 Å². The minimum atomic E-state index is -0.356. The van der Waals surface area contributed by atoms with Gasteiger partial charge in [0.2, 0.25) is 0 Å². The third kappa shape index (κ3) is 4.46. The molecule has 0 atom stereocenters. The number of nitrogens with zero attached hydrogens (tertiary/aromatic N) is 3. The van der Waals surface area contributed by atoms with E-state index in [4.69, 9.17) is 21.9 Å². The summed E-state index contributed by atoms with van der Waals surface area (Å²) in [6.07, 6.45) is 2.83. The standard InChI is InChI=1S/C15H15ClFN5O/c1-9-4-3-5-13(14(9)17)19-6-11(22-18)8-23-15-20-7-12(16)10(2)21-15/h3-7,18-19H,8H2,1-2H3/b11-6-,22-18?. The summed E-state index contributed by atoms with van der Waals surface area (Å²) in [5.74, 6) is -0.356. The Morgan fingerprint density at radius 3 is 2.96 bits per heavy atom. The molecule has 8 heteroatoms. The lowest BCUT2D eigenvalue weighted by Crippen LogP contribution is -2.05. The highest BCUT2D eigenvalue weighted by molar-refractivity contribution is 6.31. The van der Waals surface area contributed by atoms with Gasteiger partial charge in [-0.05, 0) is 25.5 Å². The fourth-order valence-electron chi connectivity index (χ4n) is 1.67. The van der Waals surface area contributed by atoms with Gasteiger partial charge < -0.3 is 10.1 Å². The third-order valence-electron chi connectivity index (χ3n) is 2.98. The molecular formula is C15H15ClFN5O. The van der Waals surface area contributed by atoms with Crippen molar-refractivity contribution < 1.29 is 9.13 Å². The van der Waals surface area contributed by atoms with Crippen LogP contribution in [0.2, 0.25) is 5.02 Å². The molecule has 2 rings (SSSR count). The number of halogens is 2. The van der Waals surface area contributed by atoms with Gasteiger partial charge in [-0.3, -0.25) is 0 Å². The van der Waals surface area contributed by atoms with Crippen molar-refractivity contribution in [1.82, 2.24) is 9.97 Å². The van der Waals surface area contributed by atoms with E-state index in [0.29, 0.717) is 22.0 Å². The minimum Gasteiger partial charge on any atom is -0.457 e. The Bertz CT molecular complexity index is 751. The second-order valence-electron chi connectivity index (χ2n) is 4.70. The lowest BCUT2D eigenvalue weighted by atomic mass is 10.2. The highest BCUT2D eigenvalue weighted by Gasteiger charge is 2.06. The number of nitrogens with one attached hydrogen (secondary N) is 2. The maximum absolute atomic E-state index is 13.9. The van der Waals surface area contributed by atoms with Gasteiger partial charge in [0.1, 0.15) is 18.1 Å². The van der Waals surface area contributed by atoms with Crippen LogP contribution in [0, 0.1) is 25.2 Å². The zero-order valence-corrected chi connectivity index (χ0v) is 13.4. The van der Waals surface area contributed by atoms with E-state index >= 15 is 0 Å². The molecule has 0 aliphatic carbocycles. The van der Waals surface area contributed by atoms with Crippen molar-refractivity contribution >= 4 is 17.3 Å². The molecule has 0 unspecified atom stereocenters. The van der Waals surface area contributed by atoms with Crippen LogP contribution in [-0.4, -0.2) is 16.6 Å². The predicted octanol–water partition coefficient (Wildman–Crippen LogP) is 4.25. The summed E-state index contributed by atoms with van der Waals surface area (Å²) in [5, 5.41) is 6.54. The van der Waals surface area contributed by atoms with Gasteiger partial charge in [0.15, 0.2) is 0 Å². The lowest BCUT2D eigenvalue weighted by Gasteiger charge is -2.07. The van der Waals surface area contributed by atoms with Crippen molar-refractivity contribution in [3.8, 4) is 6.01 Å². The van der Waals surface area contributed by atoms with Crippen LogP contribution in [-0.2, 0) is 0 Å². The molecule has 0 saturated heterocycles. The van der Waals surface area contributed by atoms with Crippen LogP contribution in [0.3, 0.4) is 0 Å². The molecule has 2 N–H and O–H groups in total. The molecule has 1 aromatic heterocycles. The zero-order chi connectivity index (χ0) is 16.8. The summed E-state index contributed by atoms with van der Waals surface area (Å²) in [4.78, 5) is 7.96. The van der Waals surface area contributed by atoms with Crippen LogP contribution >= 0.6 is 11.6 Å². The Morgan fingerprint density at radius 1 is 1.48 bits per heavy atom. The van der Waals surface area contributed by atoms with E-state index in [1.54, 1.807) is 32.0 Å². The van der Waals surface area contributed by atoms with Crippen molar-refractivity contribution in [1.29, 1.82) is 5.53 Å². The average Bonchev–Trinajstić information content (AvgIpc) is 2.54. The molecule has 6 nitrogen and oxygen atoms in total. The maximum atomic E-state index is 13.9. The largest absolute Gasteiger partial charge is 0.457 e. The van der Waals surface area contributed by atoms with Gasteiger partial charge in [0.05, 0.1) is 22.6 Å². The number of hydrogen-bond donors (Lipinski definition) is 2. The molecule has 1 heterocycles. The number of benzene rings is 1. The third-order valence-corrected chi connectivity index (χ3v) is 3.35. The quantitative estimate of drug-likeness (QED) is 0.773. The normalized spacial score (nSPS) is 11.2. The van der Waals surface area contributed by atoms with Gasteiger partial charge in [0.25, 0.3) is 0 Å². The Labute approximate surface area is 137 Å². The molecule has 0 saturated carbocycles. The zero-order valence-electron chi connectivity index (χ0n) is 12.6. The number of rotatable bonds is 6. The van der Waals surface area contributed by atoms with Crippen LogP contribution in [0.25, 0.3) is 0 Å². The van der Waals surface area contributed by atoms with Crippen molar-refractivity contribution in [3.63, 3.8) is 0 Å². The second-order valence-corrected chi connectivity index (χ2v) is 5.11.